The lowest BCUT2D eigenvalue weighted by Gasteiger charge is -2.03. The summed E-state index contributed by atoms with van der Waals surface area (Å²) >= 11 is 0. The number of carbonyl (C=O) groups excluding carboxylic acids is 1. The van der Waals surface area contributed by atoms with Gasteiger partial charge in [-0.05, 0) is 42.7 Å². The summed E-state index contributed by atoms with van der Waals surface area (Å²) in [6.07, 6.45) is 6.51. The Morgan fingerprint density at radius 2 is 1.87 bits per heavy atom. The molecule has 0 aliphatic carbocycles. The predicted octanol–water partition coefficient (Wildman–Crippen LogP) is 2.45. The Bertz CT molecular complexity index is 757. The first-order valence-corrected chi connectivity index (χ1v) is 7.37. The van der Waals surface area contributed by atoms with Gasteiger partial charge in [-0.2, -0.15) is 9.90 Å². The number of hydrogen-bond donors (Lipinski definition) is 0. The molecule has 0 amide bonds. The number of hydrogen-bond acceptors (Lipinski definition) is 5. The minimum absolute atomic E-state index is 0.206. The van der Waals surface area contributed by atoms with Crippen LogP contribution in [-0.4, -0.2) is 32.6 Å². The van der Waals surface area contributed by atoms with Crippen molar-refractivity contribution in [2.24, 2.45) is 0 Å². The SMILES string of the molecule is O=C(OCCCc1ccncc1)c1cnn(-c2ccccc2)n1. The number of ether oxygens (including phenoxy) is 1. The molecule has 0 spiro atoms. The van der Waals surface area contributed by atoms with Crippen LogP contribution in [0.2, 0.25) is 0 Å². The zero-order chi connectivity index (χ0) is 15.9. The van der Waals surface area contributed by atoms with Gasteiger partial charge in [0.15, 0.2) is 5.69 Å². The Morgan fingerprint density at radius 1 is 1.09 bits per heavy atom. The van der Waals surface area contributed by atoms with E-state index in [9.17, 15) is 4.79 Å². The number of para-hydroxylation sites is 1. The van der Waals surface area contributed by atoms with Gasteiger partial charge in [0.2, 0.25) is 0 Å². The summed E-state index contributed by atoms with van der Waals surface area (Å²) in [6, 6.07) is 13.3. The summed E-state index contributed by atoms with van der Waals surface area (Å²) in [5.41, 5.74) is 2.17. The van der Waals surface area contributed by atoms with Crippen LogP contribution in [0, 0.1) is 0 Å². The number of rotatable bonds is 6. The predicted molar refractivity (Wildman–Crippen MR) is 84.2 cm³/mol. The fourth-order valence-electron chi connectivity index (χ4n) is 2.11. The first-order valence-electron chi connectivity index (χ1n) is 7.37. The topological polar surface area (TPSA) is 69.9 Å². The van der Waals surface area contributed by atoms with Crippen LogP contribution >= 0.6 is 0 Å². The Labute approximate surface area is 133 Å². The van der Waals surface area contributed by atoms with E-state index < -0.39 is 5.97 Å². The second-order valence-electron chi connectivity index (χ2n) is 4.95. The number of aryl methyl sites for hydroxylation is 1. The Morgan fingerprint density at radius 3 is 2.65 bits per heavy atom. The molecular formula is C17H16N4O2. The minimum atomic E-state index is -0.457. The van der Waals surface area contributed by atoms with Gasteiger partial charge in [-0.25, -0.2) is 4.79 Å². The molecule has 0 saturated carbocycles. The molecule has 0 fully saturated rings. The van der Waals surface area contributed by atoms with Crippen molar-refractivity contribution >= 4 is 5.97 Å². The molecule has 2 aromatic heterocycles. The van der Waals surface area contributed by atoms with Gasteiger partial charge >= 0.3 is 5.97 Å². The van der Waals surface area contributed by atoms with Crippen molar-refractivity contribution < 1.29 is 9.53 Å². The number of pyridine rings is 1. The highest BCUT2D eigenvalue weighted by Crippen LogP contribution is 2.06. The fourth-order valence-corrected chi connectivity index (χ4v) is 2.11. The van der Waals surface area contributed by atoms with E-state index in [4.69, 9.17) is 4.74 Å². The van der Waals surface area contributed by atoms with Crippen LogP contribution in [0.5, 0.6) is 0 Å². The molecule has 0 saturated heterocycles. The minimum Gasteiger partial charge on any atom is -0.461 e. The molecule has 116 valence electrons. The van der Waals surface area contributed by atoms with E-state index >= 15 is 0 Å². The number of esters is 1. The van der Waals surface area contributed by atoms with E-state index in [1.807, 2.05) is 42.5 Å². The van der Waals surface area contributed by atoms with E-state index in [0.717, 1.165) is 18.5 Å². The van der Waals surface area contributed by atoms with E-state index in [2.05, 4.69) is 15.2 Å². The molecule has 0 atom stereocenters. The van der Waals surface area contributed by atoms with Gasteiger partial charge in [-0.1, -0.05) is 18.2 Å². The number of benzene rings is 1. The average molecular weight is 308 g/mol. The maximum absolute atomic E-state index is 12.0. The van der Waals surface area contributed by atoms with E-state index in [1.165, 1.54) is 16.6 Å². The van der Waals surface area contributed by atoms with Gasteiger partial charge in [-0.15, -0.1) is 5.10 Å². The van der Waals surface area contributed by atoms with Crippen molar-refractivity contribution in [3.8, 4) is 5.69 Å². The van der Waals surface area contributed by atoms with Gasteiger partial charge in [0, 0.05) is 12.4 Å². The molecule has 1 aromatic carbocycles. The first-order chi connectivity index (χ1) is 11.3. The molecule has 0 radical (unpaired) electrons. The van der Waals surface area contributed by atoms with Crippen LogP contribution in [0.1, 0.15) is 22.5 Å². The largest absolute Gasteiger partial charge is 0.461 e. The number of nitrogens with zero attached hydrogens (tertiary/aromatic N) is 4. The molecule has 3 rings (SSSR count). The molecule has 6 heteroatoms. The molecule has 23 heavy (non-hydrogen) atoms. The highest BCUT2D eigenvalue weighted by Gasteiger charge is 2.12. The van der Waals surface area contributed by atoms with E-state index in [-0.39, 0.29) is 5.69 Å². The average Bonchev–Trinajstić information content (AvgIpc) is 3.10. The van der Waals surface area contributed by atoms with Gasteiger partial charge in [0.25, 0.3) is 0 Å². The lowest BCUT2D eigenvalue weighted by Crippen LogP contribution is -2.09. The molecular weight excluding hydrogens is 292 g/mol. The third-order valence-corrected chi connectivity index (χ3v) is 3.28. The third-order valence-electron chi connectivity index (χ3n) is 3.28. The van der Waals surface area contributed by atoms with Crippen LogP contribution in [0.15, 0.2) is 61.1 Å². The normalized spacial score (nSPS) is 10.4. The Balaban J connectivity index is 1.50. The van der Waals surface area contributed by atoms with Crippen molar-refractivity contribution in [2.45, 2.75) is 12.8 Å². The maximum atomic E-state index is 12.0. The highest BCUT2D eigenvalue weighted by molar-refractivity contribution is 5.86. The zero-order valence-corrected chi connectivity index (χ0v) is 12.5. The van der Waals surface area contributed by atoms with Crippen molar-refractivity contribution in [1.82, 2.24) is 20.0 Å². The second-order valence-corrected chi connectivity index (χ2v) is 4.95. The standard InChI is InChI=1S/C17H16N4O2/c22-17(23-12-4-5-14-8-10-18-11-9-14)16-13-19-21(20-16)15-6-2-1-3-7-15/h1-3,6-11,13H,4-5,12H2. The molecule has 6 nitrogen and oxygen atoms in total. The summed E-state index contributed by atoms with van der Waals surface area (Å²) < 4.78 is 5.23. The van der Waals surface area contributed by atoms with Gasteiger partial charge in [0.1, 0.15) is 0 Å². The molecule has 0 unspecified atom stereocenters. The second kappa shape index (κ2) is 7.31. The molecule has 0 N–H and O–H groups in total. The zero-order valence-electron chi connectivity index (χ0n) is 12.5. The number of aromatic nitrogens is 4. The smallest absolute Gasteiger partial charge is 0.360 e. The maximum Gasteiger partial charge on any atom is 0.360 e. The molecule has 0 aliphatic heterocycles. The summed E-state index contributed by atoms with van der Waals surface area (Å²) in [4.78, 5) is 17.3. The number of carbonyl (C=O) groups is 1. The summed E-state index contributed by atoms with van der Waals surface area (Å²) in [6.45, 7) is 0.347. The molecule has 2 heterocycles. The Hall–Kier alpha value is -3.02. The van der Waals surface area contributed by atoms with Crippen LogP contribution in [-0.2, 0) is 11.2 Å². The first kappa shape index (κ1) is 14.9. The van der Waals surface area contributed by atoms with E-state index in [1.54, 1.807) is 12.4 Å². The summed E-state index contributed by atoms with van der Waals surface area (Å²) in [5, 5.41) is 8.22. The lowest BCUT2D eigenvalue weighted by molar-refractivity contribution is 0.0493. The van der Waals surface area contributed by atoms with Crippen LogP contribution < -0.4 is 0 Å². The van der Waals surface area contributed by atoms with Crippen molar-refractivity contribution in [1.29, 1.82) is 0 Å². The Kier molecular flexibility index (Phi) is 4.73. The van der Waals surface area contributed by atoms with Crippen molar-refractivity contribution in [2.75, 3.05) is 6.61 Å². The van der Waals surface area contributed by atoms with Crippen LogP contribution in [0.3, 0.4) is 0 Å². The van der Waals surface area contributed by atoms with Gasteiger partial charge in [0.05, 0.1) is 18.5 Å². The van der Waals surface area contributed by atoms with Crippen LogP contribution in [0.25, 0.3) is 5.69 Å². The third kappa shape index (κ3) is 4.00. The van der Waals surface area contributed by atoms with Crippen LogP contribution in [0.4, 0.5) is 0 Å². The molecule has 0 aliphatic rings. The quantitative estimate of drug-likeness (QED) is 0.517. The fraction of sp³-hybridized carbons (Fsp3) is 0.176. The lowest BCUT2D eigenvalue weighted by atomic mass is 10.1. The summed E-state index contributed by atoms with van der Waals surface area (Å²) in [5.74, 6) is -0.457. The van der Waals surface area contributed by atoms with Gasteiger partial charge in [-0.3, -0.25) is 4.98 Å². The highest BCUT2D eigenvalue weighted by atomic mass is 16.5. The van der Waals surface area contributed by atoms with Crippen molar-refractivity contribution in [3.05, 3.63) is 72.3 Å². The van der Waals surface area contributed by atoms with Crippen molar-refractivity contribution in [3.63, 3.8) is 0 Å². The summed E-state index contributed by atoms with van der Waals surface area (Å²) in [7, 11) is 0. The molecule has 0 bridgehead atoms. The monoisotopic (exact) mass is 308 g/mol. The van der Waals surface area contributed by atoms with E-state index in [0.29, 0.717) is 6.61 Å². The van der Waals surface area contributed by atoms with Gasteiger partial charge < -0.3 is 4.74 Å². The molecule has 3 aromatic rings.